The molecule has 0 fully saturated rings. The molecule has 0 heterocycles. The number of rotatable bonds is 7. The van der Waals surface area contributed by atoms with Crippen LogP contribution in [-0.2, 0) is 0 Å². The lowest BCUT2D eigenvalue weighted by atomic mass is 10.1. The molecule has 9 heteroatoms. The Morgan fingerprint density at radius 3 is 2.09 bits per heavy atom. The Hall–Kier alpha value is -2.22. The van der Waals surface area contributed by atoms with E-state index in [1.54, 1.807) is 0 Å². The molecule has 0 saturated carbocycles. The lowest BCUT2D eigenvalue weighted by molar-refractivity contribution is -0.394. The average molecular weight is 330 g/mol. The zero-order valence-electron chi connectivity index (χ0n) is 12.2. The van der Waals surface area contributed by atoms with Crippen molar-refractivity contribution in [1.29, 1.82) is 0 Å². The summed E-state index contributed by atoms with van der Waals surface area (Å²) in [5, 5.41) is 21.5. The molecule has 22 heavy (non-hydrogen) atoms. The summed E-state index contributed by atoms with van der Waals surface area (Å²) in [6.07, 6.45) is 1.39. The average Bonchev–Trinajstić information content (AvgIpc) is 2.46. The summed E-state index contributed by atoms with van der Waals surface area (Å²) in [6, 6.07) is 1.74. The molecule has 0 aromatic heterocycles. The third kappa shape index (κ3) is 3.91. The Labute approximate surface area is 132 Å². The molecule has 0 saturated heterocycles. The van der Waals surface area contributed by atoms with Crippen LogP contribution in [0.1, 0.15) is 37.0 Å². The normalized spacial score (nSPS) is 10.3. The van der Waals surface area contributed by atoms with E-state index in [0.29, 0.717) is 25.9 Å². The third-order valence-electron chi connectivity index (χ3n) is 2.95. The van der Waals surface area contributed by atoms with Gasteiger partial charge in [-0.1, -0.05) is 25.4 Å². The minimum Gasteiger partial charge on any atom is -0.339 e. The van der Waals surface area contributed by atoms with Crippen molar-refractivity contribution in [1.82, 2.24) is 4.90 Å². The van der Waals surface area contributed by atoms with Crippen molar-refractivity contribution in [3.8, 4) is 0 Å². The number of nitrogens with zero attached hydrogens (tertiary/aromatic N) is 3. The van der Waals surface area contributed by atoms with Gasteiger partial charge in [-0.05, 0) is 12.8 Å². The zero-order chi connectivity index (χ0) is 16.9. The highest BCUT2D eigenvalue weighted by atomic mass is 35.5. The Kier molecular flexibility index (Phi) is 6.24. The molecule has 8 nitrogen and oxygen atoms in total. The van der Waals surface area contributed by atoms with Gasteiger partial charge in [-0.2, -0.15) is 0 Å². The maximum atomic E-state index is 12.5. The van der Waals surface area contributed by atoms with Crippen molar-refractivity contribution in [2.75, 3.05) is 13.1 Å². The predicted octanol–water partition coefficient (Wildman–Crippen LogP) is 3.42. The van der Waals surface area contributed by atoms with E-state index in [1.165, 1.54) is 4.90 Å². The van der Waals surface area contributed by atoms with Gasteiger partial charge in [-0.3, -0.25) is 25.0 Å². The van der Waals surface area contributed by atoms with Crippen LogP contribution in [0, 0.1) is 20.2 Å². The number of nitro groups is 2. The van der Waals surface area contributed by atoms with Gasteiger partial charge in [-0.15, -0.1) is 0 Å². The largest absolute Gasteiger partial charge is 0.339 e. The number of amides is 1. The first-order chi connectivity index (χ1) is 10.3. The minimum atomic E-state index is -0.837. The highest BCUT2D eigenvalue weighted by Crippen LogP contribution is 2.33. The van der Waals surface area contributed by atoms with Crippen LogP contribution in [0.4, 0.5) is 11.4 Å². The first-order valence-corrected chi connectivity index (χ1v) is 7.12. The quantitative estimate of drug-likeness (QED) is 0.562. The lowest BCUT2D eigenvalue weighted by Crippen LogP contribution is -2.32. The van der Waals surface area contributed by atoms with Gasteiger partial charge in [0.05, 0.1) is 21.5 Å². The van der Waals surface area contributed by atoms with Crippen molar-refractivity contribution < 1.29 is 14.6 Å². The Balaban J connectivity index is 3.40. The molecule has 1 aromatic rings. The van der Waals surface area contributed by atoms with Crippen LogP contribution in [0.2, 0.25) is 5.02 Å². The van der Waals surface area contributed by atoms with Gasteiger partial charge < -0.3 is 4.90 Å². The van der Waals surface area contributed by atoms with Crippen molar-refractivity contribution in [3.63, 3.8) is 0 Å². The summed E-state index contributed by atoms with van der Waals surface area (Å²) in [5.41, 5.74) is -1.40. The molecule has 1 amide bonds. The lowest BCUT2D eigenvalue weighted by Gasteiger charge is -2.21. The van der Waals surface area contributed by atoms with Crippen molar-refractivity contribution >= 4 is 28.9 Å². The molecule has 0 atom stereocenters. The zero-order valence-corrected chi connectivity index (χ0v) is 13.0. The fourth-order valence-corrected chi connectivity index (χ4v) is 2.27. The van der Waals surface area contributed by atoms with Gasteiger partial charge in [0.2, 0.25) is 0 Å². The van der Waals surface area contributed by atoms with Gasteiger partial charge in [-0.25, -0.2) is 0 Å². The summed E-state index contributed by atoms with van der Waals surface area (Å²) in [5.74, 6) is -0.541. The predicted molar refractivity (Wildman–Crippen MR) is 81.2 cm³/mol. The van der Waals surface area contributed by atoms with Gasteiger partial charge in [0.15, 0.2) is 0 Å². The van der Waals surface area contributed by atoms with Crippen molar-refractivity contribution in [3.05, 3.63) is 42.9 Å². The van der Waals surface area contributed by atoms with E-state index < -0.39 is 27.1 Å². The summed E-state index contributed by atoms with van der Waals surface area (Å²) in [4.78, 5) is 34.2. The van der Waals surface area contributed by atoms with E-state index in [4.69, 9.17) is 11.6 Å². The Bertz CT molecular complexity index is 600. The molecule has 0 spiro atoms. The minimum absolute atomic E-state index is 0.218. The fourth-order valence-electron chi connectivity index (χ4n) is 2.01. The van der Waals surface area contributed by atoms with Gasteiger partial charge in [0, 0.05) is 19.2 Å². The summed E-state index contributed by atoms with van der Waals surface area (Å²) < 4.78 is 0. The number of halogens is 1. The summed E-state index contributed by atoms with van der Waals surface area (Å²) in [7, 11) is 0. The second-order valence-corrected chi connectivity index (χ2v) is 5.01. The number of hydrogen-bond donors (Lipinski definition) is 0. The smallest absolute Gasteiger partial charge is 0.295 e. The van der Waals surface area contributed by atoms with E-state index in [0.717, 1.165) is 12.1 Å². The Morgan fingerprint density at radius 2 is 1.68 bits per heavy atom. The van der Waals surface area contributed by atoms with Crippen molar-refractivity contribution in [2.24, 2.45) is 0 Å². The van der Waals surface area contributed by atoms with Crippen LogP contribution in [0.3, 0.4) is 0 Å². The molecule has 0 N–H and O–H groups in total. The summed E-state index contributed by atoms with van der Waals surface area (Å²) in [6.45, 7) is 4.65. The van der Waals surface area contributed by atoms with E-state index in [9.17, 15) is 25.0 Å². The van der Waals surface area contributed by atoms with Gasteiger partial charge in [0.1, 0.15) is 5.02 Å². The number of carbonyl (C=O) groups excluding carboxylic acids is 1. The maximum absolute atomic E-state index is 12.5. The molecule has 0 aliphatic carbocycles. The highest BCUT2D eigenvalue weighted by Gasteiger charge is 2.28. The van der Waals surface area contributed by atoms with E-state index in [-0.39, 0.29) is 10.6 Å². The molecule has 0 aliphatic heterocycles. The molecule has 0 unspecified atom stereocenters. The summed E-state index contributed by atoms with van der Waals surface area (Å²) >= 11 is 5.91. The van der Waals surface area contributed by atoms with Crippen molar-refractivity contribution in [2.45, 2.75) is 26.7 Å². The molecule has 1 aromatic carbocycles. The van der Waals surface area contributed by atoms with E-state index >= 15 is 0 Å². The van der Waals surface area contributed by atoms with Crippen LogP contribution < -0.4 is 0 Å². The second-order valence-electron chi connectivity index (χ2n) is 4.63. The standard InChI is InChI=1S/C13H16ClN3O5/c1-3-5-15(6-4-2)13(18)10-7-9(16(19)20)8-11(12(10)14)17(21)22/h7-8H,3-6H2,1-2H3. The van der Waals surface area contributed by atoms with Gasteiger partial charge >= 0.3 is 0 Å². The third-order valence-corrected chi connectivity index (χ3v) is 3.35. The van der Waals surface area contributed by atoms with Crippen LogP contribution in [0.15, 0.2) is 12.1 Å². The van der Waals surface area contributed by atoms with E-state index in [1.807, 2.05) is 13.8 Å². The van der Waals surface area contributed by atoms with Gasteiger partial charge in [0.25, 0.3) is 17.3 Å². The first kappa shape index (κ1) is 17.8. The van der Waals surface area contributed by atoms with E-state index in [2.05, 4.69) is 0 Å². The molecule has 0 bridgehead atoms. The number of carbonyl (C=O) groups is 1. The number of nitro benzene ring substituents is 2. The van der Waals surface area contributed by atoms with Crippen LogP contribution >= 0.6 is 11.6 Å². The van der Waals surface area contributed by atoms with Crippen LogP contribution in [0.25, 0.3) is 0 Å². The molecular weight excluding hydrogens is 314 g/mol. The molecule has 120 valence electrons. The fraction of sp³-hybridized carbons (Fsp3) is 0.462. The van der Waals surface area contributed by atoms with Crippen LogP contribution in [-0.4, -0.2) is 33.7 Å². The molecule has 1 rings (SSSR count). The number of benzene rings is 1. The topological polar surface area (TPSA) is 107 Å². The Morgan fingerprint density at radius 1 is 1.14 bits per heavy atom. The number of hydrogen-bond acceptors (Lipinski definition) is 5. The molecule has 0 radical (unpaired) electrons. The highest BCUT2D eigenvalue weighted by molar-refractivity contribution is 6.36. The second kappa shape index (κ2) is 7.69. The first-order valence-electron chi connectivity index (χ1n) is 6.75. The monoisotopic (exact) mass is 329 g/mol. The molecule has 0 aliphatic rings. The SMILES string of the molecule is CCCN(CCC)C(=O)c1cc([N+](=O)[O-])cc([N+](=O)[O-])c1Cl. The van der Waals surface area contributed by atoms with Crippen LogP contribution in [0.5, 0.6) is 0 Å². The maximum Gasteiger partial charge on any atom is 0.295 e. The molecular formula is C13H16ClN3O5. The number of non-ortho nitro benzene ring substituents is 1.